The number of thioether (sulfide) groups is 1. The number of aromatic amines is 1. The number of nitrogens with one attached hydrogen (secondary N) is 1. The number of carbonyl (C=O) groups is 1. The van der Waals surface area contributed by atoms with E-state index < -0.39 is 0 Å². The Bertz CT molecular complexity index is 1120. The number of H-pyrrole nitrogens is 1. The van der Waals surface area contributed by atoms with Crippen molar-refractivity contribution < 1.29 is 14.3 Å². The van der Waals surface area contributed by atoms with Gasteiger partial charge in [0.05, 0.1) is 18.9 Å². The third-order valence-electron chi connectivity index (χ3n) is 4.63. The largest absolute Gasteiger partial charge is 0.460 e. The topological polar surface area (TPSA) is 82.0 Å². The molecule has 154 valence electrons. The van der Waals surface area contributed by atoms with Gasteiger partial charge in [0.1, 0.15) is 6.61 Å². The molecule has 0 aliphatic heterocycles. The minimum atomic E-state index is -0.293. The molecule has 0 atom stereocenters. The van der Waals surface area contributed by atoms with Gasteiger partial charge in [-0.1, -0.05) is 60.3 Å². The number of rotatable bonds is 9. The highest BCUT2D eigenvalue weighted by Crippen LogP contribution is 2.30. The number of benzene rings is 2. The van der Waals surface area contributed by atoms with Crippen molar-refractivity contribution in [2.45, 2.75) is 18.3 Å². The first-order valence-electron chi connectivity index (χ1n) is 9.57. The number of esters is 1. The highest BCUT2D eigenvalue weighted by atomic mass is 32.2. The number of nitrogens with zero attached hydrogens (tertiary/aromatic N) is 3. The number of methoxy groups -OCH3 is 1. The summed E-state index contributed by atoms with van der Waals surface area (Å²) in [7, 11) is 1.66. The first-order valence-corrected chi connectivity index (χ1v) is 10.6. The molecule has 1 N–H and O–H groups in total. The molecule has 4 aromatic rings. The summed E-state index contributed by atoms with van der Waals surface area (Å²) in [4.78, 5) is 15.5. The number of fused-ring (bicyclic) bond motifs is 1. The van der Waals surface area contributed by atoms with Gasteiger partial charge in [0.15, 0.2) is 11.0 Å². The lowest BCUT2D eigenvalue weighted by Crippen LogP contribution is -2.10. The molecular formula is C22H22N4O3S. The minimum absolute atomic E-state index is 0.159. The van der Waals surface area contributed by atoms with Crippen molar-refractivity contribution in [2.24, 2.45) is 0 Å². The van der Waals surface area contributed by atoms with E-state index in [1.165, 1.54) is 11.8 Å². The highest BCUT2D eigenvalue weighted by molar-refractivity contribution is 7.99. The van der Waals surface area contributed by atoms with Crippen LogP contribution in [0.4, 0.5) is 0 Å². The first-order chi connectivity index (χ1) is 14.8. The van der Waals surface area contributed by atoms with Crippen LogP contribution in [0.1, 0.15) is 5.56 Å². The smallest absolute Gasteiger partial charge is 0.316 e. The van der Waals surface area contributed by atoms with E-state index >= 15 is 0 Å². The van der Waals surface area contributed by atoms with Crippen LogP contribution < -0.4 is 0 Å². The number of carbonyl (C=O) groups excluding carboxylic acids is 1. The standard InChI is InChI=1S/C22H22N4O3S/c1-28-12-11-26-21(18-13-23-19-10-6-5-9-17(18)19)24-25-22(26)30-15-20(27)29-14-16-7-3-2-4-8-16/h2-10,13,23H,11-12,14-15H2,1H3. The molecule has 0 radical (unpaired) electrons. The lowest BCUT2D eigenvalue weighted by molar-refractivity contribution is -0.141. The van der Waals surface area contributed by atoms with Gasteiger partial charge in [-0.3, -0.25) is 9.36 Å². The van der Waals surface area contributed by atoms with E-state index in [4.69, 9.17) is 9.47 Å². The zero-order valence-corrected chi connectivity index (χ0v) is 17.4. The number of ether oxygens (including phenoxy) is 2. The number of hydrogen-bond donors (Lipinski definition) is 1. The van der Waals surface area contributed by atoms with Crippen molar-refractivity contribution in [3.8, 4) is 11.4 Å². The maximum absolute atomic E-state index is 12.2. The second-order valence-corrected chi connectivity index (χ2v) is 7.58. The lowest BCUT2D eigenvalue weighted by Gasteiger charge is -2.09. The zero-order valence-electron chi connectivity index (χ0n) is 16.6. The molecule has 0 unspecified atom stereocenters. The number of hydrogen-bond acceptors (Lipinski definition) is 6. The Hall–Kier alpha value is -3.10. The van der Waals surface area contributed by atoms with Crippen LogP contribution in [0.25, 0.3) is 22.3 Å². The molecule has 2 heterocycles. The summed E-state index contributed by atoms with van der Waals surface area (Å²) in [6.45, 7) is 1.36. The molecule has 0 bridgehead atoms. The van der Waals surface area contributed by atoms with Crippen LogP contribution in [0.5, 0.6) is 0 Å². The van der Waals surface area contributed by atoms with Crippen LogP contribution in [0.2, 0.25) is 0 Å². The van der Waals surface area contributed by atoms with Crippen molar-refractivity contribution >= 4 is 28.6 Å². The summed E-state index contributed by atoms with van der Waals surface area (Å²) in [5.41, 5.74) is 2.96. The molecule has 0 amide bonds. The van der Waals surface area contributed by atoms with E-state index in [9.17, 15) is 4.79 Å². The zero-order chi connectivity index (χ0) is 20.8. The Morgan fingerprint density at radius 2 is 1.90 bits per heavy atom. The molecular weight excluding hydrogens is 400 g/mol. The molecule has 0 saturated carbocycles. The Labute approximate surface area is 178 Å². The molecule has 0 saturated heterocycles. The van der Waals surface area contributed by atoms with Crippen molar-refractivity contribution in [3.05, 3.63) is 66.4 Å². The Morgan fingerprint density at radius 3 is 2.73 bits per heavy atom. The molecule has 8 heteroatoms. The lowest BCUT2D eigenvalue weighted by atomic mass is 10.1. The summed E-state index contributed by atoms with van der Waals surface area (Å²) >= 11 is 1.31. The van der Waals surface area contributed by atoms with E-state index in [0.717, 1.165) is 27.9 Å². The van der Waals surface area contributed by atoms with E-state index in [1.54, 1.807) is 7.11 Å². The molecule has 0 aliphatic carbocycles. The summed E-state index contributed by atoms with van der Waals surface area (Å²) in [5, 5.41) is 10.4. The fraction of sp³-hybridized carbons (Fsp3) is 0.227. The second kappa shape index (κ2) is 9.60. The number of aromatic nitrogens is 4. The van der Waals surface area contributed by atoms with Gasteiger partial charge in [-0.2, -0.15) is 0 Å². The maximum Gasteiger partial charge on any atom is 0.316 e. The summed E-state index contributed by atoms with van der Waals surface area (Å²) in [6, 6.07) is 17.7. The average Bonchev–Trinajstić information content (AvgIpc) is 3.39. The number of para-hydroxylation sites is 1. The quantitative estimate of drug-likeness (QED) is 0.325. The van der Waals surface area contributed by atoms with E-state index in [0.29, 0.717) is 18.3 Å². The molecule has 30 heavy (non-hydrogen) atoms. The predicted molar refractivity (Wildman–Crippen MR) is 116 cm³/mol. The predicted octanol–water partition coefficient (Wildman–Crippen LogP) is 3.91. The van der Waals surface area contributed by atoms with Crippen LogP contribution >= 0.6 is 11.8 Å². The summed E-state index contributed by atoms with van der Waals surface area (Å²) < 4.78 is 12.6. The van der Waals surface area contributed by atoms with E-state index in [1.807, 2.05) is 65.4 Å². The fourth-order valence-electron chi connectivity index (χ4n) is 3.14. The van der Waals surface area contributed by atoms with Crippen LogP contribution in [-0.4, -0.2) is 45.2 Å². The van der Waals surface area contributed by atoms with Crippen LogP contribution in [0.15, 0.2) is 66.0 Å². The van der Waals surface area contributed by atoms with Crippen molar-refractivity contribution in [1.29, 1.82) is 0 Å². The summed E-state index contributed by atoms with van der Waals surface area (Å²) in [5.74, 6) is 0.606. The monoisotopic (exact) mass is 422 g/mol. The molecule has 2 aromatic heterocycles. The Balaban J connectivity index is 1.48. The van der Waals surface area contributed by atoms with Crippen LogP contribution in [0, 0.1) is 0 Å². The van der Waals surface area contributed by atoms with Gasteiger partial charge in [-0.25, -0.2) is 0 Å². The molecule has 0 aliphatic rings. The van der Waals surface area contributed by atoms with Crippen LogP contribution in [-0.2, 0) is 27.4 Å². The SMILES string of the molecule is COCCn1c(SCC(=O)OCc2ccccc2)nnc1-c1c[nH]c2ccccc12. The molecule has 0 fully saturated rings. The third kappa shape index (κ3) is 4.55. The third-order valence-corrected chi connectivity index (χ3v) is 5.57. The van der Waals surface area contributed by atoms with Crippen LogP contribution in [0.3, 0.4) is 0 Å². The van der Waals surface area contributed by atoms with Gasteiger partial charge in [0.25, 0.3) is 0 Å². The van der Waals surface area contributed by atoms with Gasteiger partial charge in [-0.05, 0) is 11.6 Å². The first kappa shape index (κ1) is 20.2. The Kier molecular flexibility index (Phi) is 6.46. The fourth-order valence-corrected chi connectivity index (χ4v) is 3.90. The van der Waals surface area contributed by atoms with Gasteiger partial charge in [-0.15, -0.1) is 10.2 Å². The maximum atomic E-state index is 12.2. The van der Waals surface area contributed by atoms with Gasteiger partial charge in [0, 0.05) is 29.8 Å². The minimum Gasteiger partial charge on any atom is -0.460 e. The highest BCUT2D eigenvalue weighted by Gasteiger charge is 2.18. The summed E-state index contributed by atoms with van der Waals surface area (Å²) in [6.07, 6.45) is 1.93. The Morgan fingerprint density at radius 1 is 1.10 bits per heavy atom. The second-order valence-electron chi connectivity index (χ2n) is 6.63. The molecule has 2 aromatic carbocycles. The van der Waals surface area contributed by atoms with Gasteiger partial charge < -0.3 is 14.5 Å². The molecule has 7 nitrogen and oxygen atoms in total. The van der Waals surface area contributed by atoms with Crippen molar-refractivity contribution in [1.82, 2.24) is 19.7 Å². The van der Waals surface area contributed by atoms with E-state index in [2.05, 4.69) is 15.2 Å². The van der Waals surface area contributed by atoms with Crippen molar-refractivity contribution in [3.63, 3.8) is 0 Å². The molecule has 4 rings (SSSR count). The van der Waals surface area contributed by atoms with Crippen molar-refractivity contribution in [2.75, 3.05) is 19.5 Å². The van der Waals surface area contributed by atoms with E-state index in [-0.39, 0.29) is 18.3 Å². The average molecular weight is 423 g/mol. The van der Waals surface area contributed by atoms with Gasteiger partial charge >= 0.3 is 5.97 Å². The van der Waals surface area contributed by atoms with Gasteiger partial charge in [0.2, 0.25) is 0 Å². The normalized spacial score (nSPS) is 11.1. The molecule has 0 spiro atoms.